The van der Waals surface area contributed by atoms with Gasteiger partial charge in [0.05, 0.1) is 40.9 Å². The Kier molecular flexibility index (Phi) is 7.58. The van der Waals surface area contributed by atoms with Gasteiger partial charge in [0.25, 0.3) is 5.91 Å². The number of likely N-dealkylation sites (tertiary alicyclic amines) is 1. The highest BCUT2D eigenvalue weighted by Gasteiger charge is 2.44. The van der Waals surface area contributed by atoms with Crippen LogP contribution in [0.4, 0.5) is 0 Å². The SMILES string of the molecule is COc1ccc(C([O-])=C2C(=O)C(=O)N(CCC[NH+](C)C)C2c2cccc(Br)c2)cc1OC. The monoisotopic (exact) mass is 502 g/mol. The molecule has 0 aromatic heterocycles. The van der Waals surface area contributed by atoms with Crippen LogP contribution in [0.15, 0.2) is 52.5 Å². The van der Waals surface area contributed by atoms with Crippen LogP contribution in [0.5, 0.6) is 11.5 Å². The highest BCUT2D eigenvalue weighted by molar-refractivity contribution is 9.10. The Bertz CT molecular complexity index is 1050. The van der Waals surface area contributed by atoms with Crippen LogP contribution in [-0.4, -0.2) is 58.0 Å². The van der Waals surface area contributed by atoms with E-state index in [9.17, 15) is 14.7 Å². The molecule has 1 N–H and O–H groups in total. The number of nitrogens with zero attached hydrogens (tertiary/aromatic N) is 1. The Hall–Kier alpha value is -2.84. The quantitative estimate of drug-likeness (QED) is 0.333. The molecule has 1 aliphatic rings. The summed E-state index contributed by atoms with van der Waals surface area (Å²) in [6, 6.07) is 11.3. The zero-order valence-electron chi connectivity index (χ0n) is 18.6. The molecule has 2 aromatic rings. The first-order valence-electron chi connectivity index (χ1n) is 10.3. The van der Waals surface area contributed by atoms with E-state index in [2.05, 4.69) is 15.9 Å². The lowest BCUT2D eigenvalue weighted by molar-refractivity contribution is -0.858. The number of hydrogen-bond donors (Lipinski definition) is 1. The van der Waals surface area contributed by atoms with E-state index in [1.165, 1.54) is 30.1 Å². The average molecular weight is 503 g/mol. The summed E-state index contributed by atoms with van der Waals surface area (Å²) in [7, 11) is 7.04. The standard InChI is InChI=1S/C24H27BrN2O5/c1-26(2)11-6-12-27-21(15-7-5-8-17(25)13-15)20(23(29)24(27)30)22(28)16-9-10-18(31-3)19(14-16)32-4/h5,7-10,13-14,21,28H,6,11-12H2,1-4H3. The van der Waals surface area contributed by atoms with Gasteiger partial charge in [-0.1, -0.05) is 39.9 Å². The Balaban J connectivity index is 2.12. The number of Topliss-reactive ketones (excluding diaryl/α,β-unsaturated/α-hetero) is 1. The molecule has 1 aliphatic heterocycles. The van der Waals surface area contributed by atoms with E-state index in [1.807, 2.05) is 38.4 Å². The first-order chi connectivity index (χ1) is 15.3. The van der Waals surface area contributed by atoms with Gasteiger partial charge in [-0.05, 0) is 35.4 Å². The summed E-state index contributed by atoms with van der Waals surface area (Å²) < 4.78 is 11.3. The van der Waals surface area contributed by atoms with Gasteiger partial charge in [-0.15, -0.1) is 0 Å². The number of rotatable bonds is 8. The molecular weight excluding hydrogens is 476 g/mol. The third kappa shape index (κ3) is 4.81. The molecule has 0 saturated carbocycles. The summed E-state index contributed by atoms with van der Waals surface area (Å²) >= 11 is 3.45. The van der Waals surface area contributed by atoms with E-state index in [1.54, 1.807) is 12.1 Å². The Morgan fingerprint density at radius 1 is 1.09 bits per heavy atom. The Morgan fingerprint density at radius 2 is 1.81 bits per heavy atom. The van der Waals surface area contributed by atoms with E-state index >= 15 is 0 Å². The number of ketones is 1. The number of carbonyl (C=O) groups excluding carboxylic acids is 2. The van der Waals surface area contributed by atoms with Crippen LogP contribution in [-0.2, 0) is 9.59 Å². The zero-order valence-corrected chi connectivity index (χ0v) is 20.2. The van der Waals surface area contributed by atoms with Gasteiger partial charge in [0, 0.05) is 23.0 Å². The highest BCUT2D eigenvalue weighted by Crippen LogP contribution is 2.40. The summed E-state index contributed by atoms with van der Waals surface area (Å²) in [6.45, 7) is 1.22. The van der Waals surface area contributed by atoms with Crippen molar-refractivity contribution in [2.75, 3.05) is 41.4 Å². The second-order valence-electron chi connectivity index (χ2n) is 7.91. The van der Waals surface area contributed by atoms with Crippen molar-refractivity contribution in [1.82, 2.24) is 4.90 Å². The third-order valence-electron chi connectivity index (χ3n) is 5.42. The molecule has 170 valence electrons. The molecule has 3 rings (SSSR count). The van der Waals surface area contributed by atoms with E-state index in [-0.39, 0.29) is 11.1 Å². The number of hydrogen-bond acceptors (Lipinski definition) is 5. The Morgan fingerprint density at radius 3 is 2.44 bits per heavy atom. The van der Waals surface area contributed by atoms with Gasteiger partial charge in [-0.2, -0.15) is 0 Å². The molecule has 0 spiro atoms. The average Bonchev–Trinajstić information content (AvgIpc) is 3.02. The second-order valence-corrected chi connectivity index (χ2v) is 8.82. The second kappa shape index (κ2) is 10.2. The molecule has 32 heavy (non-hydrogen) atoms. The largest absolute Gasteiger partial charge is 0.872 e. The predicted molar refractivity (Wildman–Crippen MR) is 122 cm³/mol. The van der Waals surface area contributed by atoms with Gasteiger partial charge in [-0.25, -0.2) is 0 Å². The van der Waals surface area contributed by atoms with Crippen LogP contribution in [0.2, 0.25) is 0 Å². The molecular formula is C24H27BrN2O5. The van der Waals surface area contributed by atoms with E-state index in [0.717, 1.165) is 11.0 Å². The van der Waals surface area contributed by atoms with Crippen molar-refractivity contribution < 1.29 is 29.1 Å². The van der Waals surface area contributed by atoms with Crippen LogP contribution < -0.4 is 19.5 Å². The summed E-state index contributed by atoms with van der Waals surface area (Å²) in [5, 5.41) is 13.5. The number of halogens is 1. The van der Waals surface area contributed by atoms with E-state index < -0.39 is 23.5 Å². The minimum Gasteiger partial charge on any atom is -0.872 e. The molecule has 2 aromatic carbocycles. The van der Waals surface area contributed by atoms with Gasteiger partial charge in [-0.3, -0.25) is 9.59 Å². The van der Waals surface area contributed by atoms with Crippen molar-refractivity contribution in [2.24, 2.45) is 0 Å². The van der Waals surface area contributed by atoms with Crippen molar-refractivity contribution in [3.8, 4) is 11.5 Å². The fraction of sp³-hybridized carbons (Fsp3) is 0.333. The number of amides is 1. The number of quaternary nitrogens is 1. The summed E-state index contributed by atoms with van der Waals surface area (Å²) in [4.78, 5) is 28.8. The van der Waals surface area contributed by atoms with Crippen LogP contribution in [0, 0.1) is 0 Å². The fourth-order valence-corrected chi connectivity index (χ4v) is 4.28. The topological polar surface area (TPSA) is 83.3 Å². The highest BCUT2D eigenvalue weighted by atomic mass is 79.9. The van der Waals surface area contributed by atoms with Gasteiger partial charge in [0.2, 0.25) is 5.78 Å². The lowest BCUT2D eigenvalue weighted by atomic mass is 9.95. The predicted octanol–water partition coefficient (Wildman–Crippen LogP) is 1.22. The normalized spacial score (nSPS) is 17.8. The lowest BCUT2D eigenvalue weighted by Gasteiger charge is -2.28. The molecule has 0 aliphatic carbocycles. The molecule has 1 unspecified atom stereocenters. The summed E-state index contributed by atoms with van der Waals surface area (Å²) in [5.41, 5.74) is 0.926. The third-order valence-corrected chi connectivity index (χ3v) is 5.91. The molecule has 1 fully saturated rings. The number of benzene rings is 2. The minimum absolute atomic E-state index is 0.0440. The molecule has 0 radical (unpaired) electrons. The van der Waals surface area contributed by atoms with Crippen molar-refractivity contribution in [2.45, 2.75) is 12.5 Å². The van der Waals surface area contributed by atoms with Gasteiger partial charge in [0.15, 0.2) is 11.5 Å². The van der Waals surface area contributed by atoms with Crippen LogP contribution in [0.3, 0.4) is 0 Å². The minimum atomic E-state index is -0.757. The molecule has 0 bridgehead atoms. The van der Waals surface area contributed by atoms with Gasteiger partial charge < -0.3 is 24.4 Å². The fourth-order valence-electron chi connectivity index (χ4n) is 3.86. The van der Waals surface area contributed by atoms with Gasteiger partial charge in [0.1, 0.15) is 0 Å². The molecule has 1 atom stereocenters. The maximum Gasteiger partial charge on any atom is 0.295 e. The molecule has 1 saturated heterocycles. The number of ether oxygens (including phenoxy) is 2. The summed E-state index contributed by atoms with van der Waals surface area (Å²) in [6.07, 6.45) is 0.712. The lowest BCUT2D eigenvalue weighted by Crippen LogP contribution is -3.05. The summed E-state index contributed by atoms with van der Waals surface area (Å²) in [5.74, 6) is -1.05. The molecule has 1 heterocycles. The van der Waals surface area contributed by atoms with Crippen molar-refractivity contribution >= 4 is 33.4 Å². The van der Waals surface area contributed by atoms with Crippen LogP contribution >= 0.6 is 15.9 Å². The van der Waals surface area contributed by atoms with Crippen molar-refractivity contribution in [3.63, 3.8) is 0 Å². The van der Waals surface area contributed by atoms with Crippen LogP contribution in [0.1, 0.15) is 23.6 Å². The van der Waals surface area contributed by atoms with Crippen molar-refractivity contribution in [3.05, 3.63) is 63.6 Å². The number of methoxy groups -OCH3 is 2. The van der Waals surface area contributed by atoms with Crippen LogP contribution in [0.25, 0.3) is 5.76 Å². The van der Waals surface area contributed by atoms with Crippen molar-refractivity contribution in [1.29, 1.82) is 0 Å². The van der Waals surface area contributed by atoms with E-state index in [4.69, 9.17) is 9.47 Å². The van der Waals surface area contributed by atoms with Gasteiger partial charge >= 0.3 is 0 Å². The smallest absolute Gasteiger partial charge is 0.295 e. The Labute approximate surface area is 196 Å². The molecule has 1 amide bonds. The van der Waals surface area contributed by atoms with E-state index in [0.29, 0.717) is 30.0 Å². The number of nitrogens with one attached hydrogen (secondary N) is 1. The maximum atomic E-state index is 13.5. The maximum absolute atomic E-state index is 13.5. The molecule has 7 nitrogen and oxygen atoms in total. The first-order valence-corrected chi connectivity index (χ1v) is 11.1. The number of carbonyl (C=O) groups is 2. The zero-order chi connectivity index (χ0) is 23.4. The first kappa shape index (κ1) is 23.8. The molecule has 8 heteroatoms.